The Hall–Kier alpha value is -7.22. The average molecular weight is 689 g/mol. The highest BCUT2D eigenvalue weighted by Crippen LogP contribution is 2.15. The van der Waals surface area contributed by atoms with Crippen LogP contribution in [0.4, 0.5) is 0 Å². The zero-order valence-electron chi connectivity index (χ0n) is 27.8. The molecule has 0 saturated heterocycles. The van der Waals surface area contributed by atoms with Gasteiger partial charge in [0.15, 0.2) is 11.6 Å². The van der Waals surface area contributed by atoms with Gasteiger partial charge in [0, 0.05) is 34.3 Å². The highest BCUT2D eigenvalue weighted by atomic mass is 16.2. The zero-order valence-corrected chi connectivity index (χ0v) is 27.8. The van der Waals surface area contributed by atoms with Crippen LogP contribution in [-0.4, -0.2) is 62.2 Å². The number of fused-ring (bicyclic) bond motifs is 2. The summed E-state index contributed by atoms with van der Waals surface area (Å²) in [6.45, 7) is 1.57. The number of nitrogens with zero attached hydrogens (tertiary/aromatic N) is 10. The van der Waals surface area contributed by atoms with Gasteiger partial charge in [-0.3, -0.25) is 19.6 Å². The van der Waals surface area contributed by atoms with Crippen LogP contribution in [0.25, 0.3) is 21.8 Å². The maximum Gasteiger partial charge on any atom is 0.251 e. The van der Waals surface area contributed by atoms with Crippen molar-refractivity contribution in [3.05, 3.63) is 168 Å². The van der Waals surface area contributed by atoms with Gasteiger partial charge in [-0.25, -0.2) is 4.68 Å². The van der Waals surface area contributed by atoms with Crippen LogP contribution in [0.2, 0.25) is 0 Å². The first kappa shape index (κ1) is 33.3. The topological polar surface area (TPSA) is 171 Å². The molecule has 0 aliphatic carbocycles. The molecule has 256 valence electrons. The molecule has 0 aliphatic heterocycles. The van der Waals surface area contributed by atoms with E-state index >= 15 is 0 Å². The monoisotopic (exact) mass is 688 g/mol. The molecule has 4 heterocycles. The molecule has 8 aromatic rings. The summed E-state index contributed by atoms with van der Waals surface area (Å²) in [5.41, 5.74) is 5.04. The van der Waals surface area contributed by atoms with Crippen molar-refractivity contribution in [1.82, 2.24) is 61.0 Å². The van der Waals surface area contributed by atoms with E-state index in [4.69, 9.17) is 0 Å². The Morgan fingerprint density at radius 2 is 1.15 bits per heavy atom. The molecular weight excluding hydrogens is 656 g/mol. The van der Waals surface area contributed by atoms with Crippen LogP contribution in [-0.2, 0) is 26.2 Å². The van der Waals surface area contributed by atoms with Crippen LogP contribution in [0.5, 0.6) is 0 Å². The number of amides is 2. The van der Waals surface area contributed by atoms with Gasteiger partial charge >= 0.3 is 0 Å². The molecule has 52 heavy (non-hydrogen) atoms. The fourth-order valence-corrected chi connectivity index (χ4v) is 5.35. The molecule has 0 fully saturated rings. The van der Waals surface area contributed by atoms with Crippen molar-refractivity contribution in [2.24, 2.45) is 0 Å². The normalized spacial score (nSPS) is 10.8. The van der Waals surface area contributed by atoms with Gasteiger partial charge in [0.1, 0.15) is 0 Å². The summed E-state index contributed by atoms with van der Waals surface area (Å²) in [6.07, 6.45) is 3.46. The van der Waals surface area contributed by atoms with Crippen LogP contribution in [0, 0.1) is 0 Å². The third-order valence-corrected chi connectivity index (χ3v) is 7.99. The van der Waals surface area contributed by atoms with Gasteiger partial charge in [0.05, 0.1) is 37.2 Å². The number of rotatable bonds is 10. The fraction of sp³-hybridized carbons (Fsp3) is 0.105. The lowest BCUT2D eigenvalue weighted by molar-refractivity contribution is 0.0941. The van der Waals surface area contributed by atoms with Gasteiger partial charge < -0.3 is 10.6 Å². The van der Waals surface area contributed by atoms with Gasteiger partial charge in [-0.2, -0.15) is 4.80 Å². The first-order valence-electron chi connectivity index (χ1n) is 16.4. The molecule has 0 radical (unpaired) electrons. The molecule has 0 unspecified atom stereocenters. The van der Waals surface area contributed by atoms with Crippen LogP contribution in [0.3, 0.4) is 0 Å². The lowest BCUT2D eigenvalue weighted by Crippen LogP contribution is -2.25. The minimum absolute atomic E-state index is 0.176. The van der Waals surface area contributed by atoms with Crippen molar-refractivity contribution >= 4 is 33.6 Å². The Morgan fingerprint density at radius 3 is 1.77 bits per heavy atom. The average Bonchev–Trinajstić information content (AvgIpc) is 3.85. The molecule has 0 bridgehead atoms. The van der Waals surface area contributed by atoms with Crippen molar-refractivity contribution in [3.63, 3.8) is 0 Å². The second-order valence-electron chi connectivity index (χ2n) is 11.6. The molecule has 0 atom stereocenters. The van der Waals surface area contributed by atoms with E-state index in [-0.39, 0.29) is 24.9 Å². The van der Waals surface area contributed by atoms with Crippen LogP contribution < -0.4 is 10.6 Å². The van der Waals surface area contributed by atoms with E-state index < -0.39 is 0 Å². The van der Waals surface area contributed by atoms with Crippen molar-refractivity contribution in [3.8, 4) is 0 Å². The Balaban J connectivity index is 0.000000162. The summed E-state index contributed by atoms with van der Waals surface area (Å²) in [5.74, 6) is 0.710. The fourth-order valence-electron chi connectivity index (χ4n) is 5.35. The lowest BCUT2D eigenvalue weighted by atomic mass is 10.1. The molecule has 2 amide bonds. The predicted octanol–water partition coefficient (Wildman–Crippen LogP) is 4.40. The van der Waals surface area contributed by atoms with Gasteiger partial charge in [-0.1, -0.05) is 72.8 Å². The SMILES string of the molecule is O=C(NCc1nnn(Cc2ccccc2)n1)c1ccc2ncccc2c1.O=C(NCc1nnnn1Cc1ccccc1)c1ccc2ncccc2c1. The van der Waals surface area contributed by atoms with Gasteiger partial charge in [0.25, 0.3) is 11.8 Å². The molecule has 0 aliphatic rings. The number of hydrogen-bond donors (Lipinski definition) is 2. The lowest BCUT2D eigenvalue weighted by Gasteiger charge is -2.07. The molecule has 4 aromatic carbocycles. The number of pyridine rings is 2. The highest BCUT2D eigenvalue weighted by Gasteiger charge is 2.12. The van der Waals surface area contributed by atoms with E-state index in [1.165, 1.54) is 4.80 Å². The number of aromatic nitrogens is 10. The number of carbonyl (C=O) groups excluding carboxylic acids is 2. The third kappa shape index (κ3) is 8.49. The molecule has 4 aromatic heterocycles. The molecule has 8 rings (SSSR count). The summed E-state index contributed by atoms with van der Waals surface area (Å²) in [7, 11) is 0. The molecule has 14 nitrogen and oxygen atoms in total. The molecule has 0 saturated carbocycles. The zero-order chi connectivity index (χ0) is 35.5. The summed E-state index contributed by atoms with van der Waals surface area (Å²) in [4.78, 5) is 34.8. The molecular formula is C38H32N12O2. The van der Waals surface area contributed by atoms with E-state index in [2.05, 4.69) is 51.5 Å². The minimum Gasteiger partial charge on any atom is -0.345 e. The Kier molecular flexibility index (Phi) is 10.2. The van der Waals surface area contributed by atoms with E-state index in [9.17, 15) is 9.59 Å². The maximum atomic E-state index is 12.4. The molecule has 14 heteroatoms. The Labute approximate surface area is 297 Å². The Bertz CT molecular complexity index is 2430. The van der Waals surface area contributed by atoms with Crippen LogP contribution >= 0.6 is 0 Å². The quantitative estimate of drug-likeness (QED) is 0.210. The standard InChI is InChI=1S/2C19H16N6O/c26-19(16-8-9-17-15(11-16)7-4-10-20-17)21-12-18-22-23-24-25(18)13-14-5-2-1-3-6-14;26-19(16-8-9-17-15(11-16)7-4-10-20-17)21-12-18-22-24-25(23-18)13-14-5-2-1-3-6-14/h2*1-11H,12-13H2,(H,21,26). The highest BCUT2D eigenvalue weighted by molar-refractivity contribution is 5.98. The first-order chi connectivity index (χ1) is 25.6. The second-order valence-corrected chi connectivity index (χ2v) is 11.6. The summed E-state index contributed by atoms with van der Waals surface area (Å²) in [6, 6.07) is 38.2. The number of carbonyl (C=O) groups is 2. The van der Waals surface area contributed by atoms with Crippen LogP contribution in [0.1, 0.15) is 43.5 Å². The number of tetrazole rings is 2. The van der Waals surface area contributed by atoms with E-state index in [1.54, 1.807) is 29.2 Å². The van der Waals surface area contributed by atoms with E-state index in [0.29, 0.717) is 35.9 Å². The van der Waals surface area contributed by atoms with Gasteiger partial charge in [0.2, 0.25) is 0 Å². The van der Waals surface area contributed by atoms with Gasteiger partial charge in [-0.15, -0.1) is 15.3 Å². The van der Waals surface area contributed by atoms with Crippen molar-refractivity contribution < 1.29 is 9.59 Å². The second kappa shape index (κ2) is 16.0. The number of benzene rings is 4. The molecule has 2 N–H and O–H groups in total. The minimum atomic E-state index is -0.185. The van der Waals surface area contributed by atoms with Crippen molar-refractivity contribution in [2.75, 3.05) is 0 Å². The summed E-state index contributed by atoms with van der Waals surface area (Å²) in [5, 5.41) is 31.5. The van der Waals surface area contributed by atoms with Crippen molar-refractivity contribution in [2.45, 2.75) is 26.2 Å². The van der Waals surface area contributed by atoms with Gasteiger partial charge in [-0.05, 0) is 75.3 Å². The number of hydrogen-bond acceptors (Lipinski definition) is 10. The maximum absolute atomic E-state index is 12.4. The van der Waals surface area contributed by atoms with E-state index in [1.807, 2.05) is 109 Å². The number of nitrogens with one attached hydrogen (secondary N) is 2. The van der Waals surface area contributed by atoms with Crippen LogP contribution in [0.15, 0.2) is 134 Å². The summed E-state index contributed by atoms with van der Waals surface area (Å²) < 4.78 is 1.68. The van der Waals surface area contributed by atoms with E-state index in [0.717, 1.165) is 32.9 Å². The summed E-state index contributed by atoms with van der Waals surface area (Å²) >= 11 is 0. The molecule has 0 spiro atoms. The third-order valence-electron chi connectivity index (χ3n) is 7.99. The predicted molar refractivity (Wildman–Crippen MR) is 193 cm³/mol. The Morgan fingerprint density at radius 1 is 0.577 bits per heavy atom. The smallest absolute Gasteiger partial charge is 0.251 e. The largest absolute Gasteiger partial charge is 0.345 e. The van der Waals surface area contributed by atoms with Crippen molar-refractivity contribution in [1.29, 1.82) is 0 Å². The first-order valence-corrected chi connectivity index (χ1v) is 16.4.